The van der Waals surface area contributed by atoms with Crippen molar-refractivity contribution in [2.24, 2.45) is 5.73 Å². The molecule has 0 heterocycles. The molecule has 0 aliphatic heterocycles. The first-order valence-corrected chi connectivity index (χ1v) is 8.00. The lowest BCUT2D eigenvalue weighted by Crippen LogP contribution is -2.45. The lowest BCUT2D eigenvalue weighted by atomic mass is 10.2. The quantitative estimate of drug-likeness (QED) is 0.483. The minimum atomic E-state index is -1.08. The number of carboxylic acid groups (broad SMARTS) is 1. The molecule has 0 bridgehead atoms. The molecule has 1 aromatic carbocycles. The van der Waals surface area contributed by atoms with Gasteiger partial charge in [-0.1, -0.05) is 12.1 Å². The summed E-state index contributed by atoms with van der Waals surface area (Å²) in [6.07, 6.45) is -1.08. The number of hydrogen-bond donors (Lipinski definition) is 3. The van der Waals surface area contributed by atoms with E-state index in [0.717, 1.165) is 0 Å². The molecule has 1 atom stereocenters. The fourth-order valence-electron chi connectivity index (χ4n) is 1.98. The molecule has 0 fully saturated rings. The molecule has 0 aromatic heterocycles. The van der Waals surface area contributed by atoms with Gasteiger partial charge in [-0.05, 0) is 38.5 Å². The zero-order chi connectivity index (χ0) is 19.0. The Kier molecular flexibility index (Phi) is 7.79. The Morgan fingerprint density at radius 2 is 1.92 bits per heavy atom. The van der Waals surface area contributed by atoms with Crippen LogP contribution in [-0.2, 0) is 16.1 Å². The molecule has 8 heteroatoms. The Morgan fingerprint density at radius 1 is 1.32 bits per heavy atom. The van der Waals surface area contributed by atoms with Gasteiger partial charge in [0.05, 0.1) is 0 Å². The van der Waals surface area contributed by atoms with Crippen LogP contribution < -0.4 is 11.1 Å². The molecule has 0 radical (unpaired) electrons. The van der Waals surface area contributed by atoms with Crippen LogP contribution in [0.25, 0.3) is 0 Å². The third kappa shape index (κ3) is 8.46. The van der Waals surface area contributed by atoms with Crippen molar-refractivity contribution in [1.29, 1.82) is 0 Å². The van der Waals surface area contributed by atoms with E-state index in [1.54, 1.807) is 20.8 Å². The van der Waals surface area contributed by atoms with E-state index in [0.29, 0.717) is 12.1 Å². The number of carbonyl (C=O) groups excluding carboxylic acids is 1. The Bertz CT molecular complexity index is 572. The SMILES string of the molecule is CC(C)(C)OC(=O)C(N)CNCCN(Cc1ccc(F)cc1)C(=O)O. The summed E-state index contributed by atoms with van der Waals surface area (Å²) >= 11 is 0. The third-order valence-corrected chi connectivity index (χ3v) is 3.19. The van der Waals surface area contributed by atoms with Crippen molar-refractivity contribution in [2.45, 2.75) is 39.0 Å². The van der Waals surface area contributed by atoms with Crippen molar-refractivity contribution in [3.63, 3.8) is 0 Å². The summed E-state index contributed by atoms with van der Waals surface area (Å²) in [6, 6.07) is 4.82. The number of amides is 1. The highest BCUT2D eigenvalue weighted by molar-refractivity contribution is 5.76. The molecule has 1 amide bonds. The van der Waals surface area contributed by atoms with E-state index >= 15 is 0 Å². The first-order chi connectivity index (χ1) is 11.6. The second-order valence-corrected chi connectivity index (χ2v) is 6.67. The maximum Gasteiger partial charge on any atom is 0.407 e. The summed E-state index contributed by atoms with van der Waals surface area (Å²) in [5.74, 6) is -0.884. The van der Waals surface area contributed by atoms with Gasteiger partial charge in [0, 0.05) is 26.2 Å². The minimum Gasteiger partial charge on any atom is -0.465 e. The Morgan fingerprint density at radius 3 is 2.44 bits per heavy atom. The molecule has 1 rings (SSSR count). The van der Waals surface area contributed by atoms with Gasteiger partial charge >= 0.3 is 12.1 Å². The van der Waals surface area contributed by atoms with Gasteiger partial charge in [0.1, 0.15) is 17.5 Å². The van der Waals surface area contributed by atoms with Crippen LogP contribution in [0.4, 0.5) is 9.18 Å². The molecule has 1 aromatic rings. The number of ether oxygens (including phenoxy) is 1. The number of benzene rings is 1. The number of esters is 1. The number of nitrogens with one attached hydrogen (secondary N) is 1. The fourth-order valence-corrected chi connectivity index (χ4v) is 1.98. The highest BCUT2D eigenvalue weighted by Gasteiger charge is 2.22. The van der Waals surface area contributed by atoms with Crippen LogP contribution in [0.3, 0.4) is 0 Å². The number of carbonyl (C=O) groups is 2. The van der Waals surface area contributed by atoms with Gasteiger partial charge in [0.15, 0.2) is 0 Å². The maximum absolute atomic E-state index is 12.9. The summed E-state index contributed by atoms with van der Waals surface area (Å²) in [5.41, 5.74) is 5.82. The predicted octanol–water partition coefficient (Wildman–Crippen LogP) is 1.56. The summed E-state index contributed by atoms with van der Waals surface area (Å²) in [7, 11) is 0. The van der Waals surface area contributed by atoms with Crippen molar-refractivity contribution in [3.8, 4) is 0 Å². The van der Waals surface area contributed by atoms with Gasteiger partial charge in [0.25, 0.3) is 0 Å². The van der Waals surface area contributed by atoms with Crippen molar-refractivity contribution in [3.05, 3.63) is 35.6 Å². The molecular weight excluding hydrogens is 329 g/mol. The molecule has 0 aliphatic carbocycles. The number of nitrogens with zero attached hydrogens (tertiary/aromatic N) is 1. The fraction of sp³-hybridized carbons (Fsp3) is 0.529. The number of halogens is 1. The average Bonchev–Trinajstić information content (AvgIpc) is 2.50. The molecule has 25 heavy (non-hydrogen) atoms. The molecule has 0 aliphatic rings. The van der Waals surface area contributed by atoms with E-state index in [1.807, 2.05) is 0 Å². The number of hydrogen-bond acceptors (Lipinski definition) is 5. The van der Waals surface area contributed by atoms with Gasteiger partial charge in [-0.25, -0.2) is 9.18 Å². The molecule has 7 nitrogen and oxygen atoms in total. The molecule has 4 N–H and O–H groups in total. The van der Waals surface area contributed by atoms with Crippen molar-refractivity contribution in [2.75, 3.05) is 19.6 Å². The van der Waals surface area contributed by atoms with Crippen molar-refractivity contribution < 1.29 is 23.8 Å². The van der Waals surface area contributed by atoms with Crippen molar-refractivity contribution >= 4 is 12.1 Å². The van der Waals surface area contributed by atoms with Crippen LogP contribution in [0.2, 0.25) is 0 Å². The van der Waals surface area contributed by atoms with Crippen LogP contribution in [0, 0.1) is 5.82 Å². The van der Waals surface area contributed by atoms with E-state index in [4.69, 9.17) is 10.5 Å². The number of rotatable bonds is 8. The van der Waals surface area contributed by atoms with E-state index in [9.17, 15) is 19.1 Å². The zero-order valence-electron chi connectivity index (χ0n) is 14.8. The third-order valence-electron chi connectivity index (χ3n) is 3.19. The molecule has 1 unspecified atom stereocenters. The summed E-state index contributed by atoms with van der Waals surface area (Å²) < 4.78 is 18.1. The first-order valence-electron chi connectivity index (χ1n) is 8.00. The predicted molar refractivity (Wildman–Crippen MR) is 91.5 cm³/mol. The summed E-state index contributed by atoms with van der Waals surface area (Å²) in [5, 5.41) is 12.2. The lowest BCUT2D eigenvalue weighted by molar-refractivity contribution is -0.156. The summed E-state index contributed by atoms with van der Waals surface area (Å²) in [4.78, 5) is 24.2. The Balaban J connectivity index is 2.39. The smallest absolute Gasteiger partial charge is 0.407 e. The van der Waals surface area contributed by atoms with Gasteiger partial charge in [-0.3, -0.25) is 4.79 Å². The summed E-state index contributed by atoms with van der Waals surface area (Å²) in [6.45, 7) is 6.12. The van der Waals surface area contributed by atoms with Gasteiger partial charge < -0.3 is 25.8 Å². The van der Waals surface area contributed by atoms with Gasteiger partial charge in [0.2, 0.25) is 0 Å². The second-order valence-electron chi connectivity index (χ2n) is 6.67. The van der Waals surface area contributed by atoms with E-state index in [1.165, 1.54) is 29.2 Å². The largest absolute Gasteiger partial charge is 0.465 e. The normalized spacial score (nSPS) is 12.5. The minimum absolute atomic E-state index is 0.148. The molecular formula is C17H26FN3O4. The molecule has 0 spiro atoms. The average molecular weight is 355 g/mol. The van der Waals surface area contributed by atoms with Crippen LogP contribution in [-0.4, -0.2) is 53.3 Å². The maximum atomic E-state index is 12.9. The van der Waals surface area contributed by atoms with Crippen LogP contribution in [0.1, 0.15) is 26.3 Å². The van der Waals surface area contributed by atoms with E-state index in [-0.39, 0.29) is 25.5 Å². The Labute approximate surface area is 146 Å². The van der Waals surface area contributed by atoms with Crippen LogP contribution in [0.15, 0.2) is 24.3 Å². The topological polar surface area (TPSA) is 105 Å². The van der Waals surface area contributed by atoms with Gasteiger partial charge in [-0.2, -0.15) is 0 Å². The molecule has 0 saturated carbocycles. The number of nitrogens with two attached hydrogens (primary N) is 1. The Hall–Kier alpha value is -2.19. The molecule has 140 valence electrons. The second kappa shape index (κ2) is 9.33. The van der Waals surface area contributed by atoms with Gasteiger partial charge in [-0.15, -0.1) is 0 Å². The van der Waals surface area contributed by atoms with E-state index < -0.39 is 23.7 Å². The van der Waals surface area contributed by atoms with Crippen molar-refractivity contribution in [1.82, 2.24) is 10.2 Å². The monoisotopic (exact) mass is 355 g/mol. The standard InChI is InChI=1S/C17H26FN3O4/c1-17(2,3)25-15(22)14(19)10-20-8-9-21(16(23)24)11-12-4-6-13(18)7-5-12/h4-7,14,20H,8-11,19H2,1-3H3,(H,23,24). The van der Waals surface area contributed by atoms with Crippen LogP contribution >= 0.6 is 0 Å². The molecule has 0 saturated heterocycles. The zero-order valence-corrected chi connectivity index (χ0v) is 14.8. The highest BCUT2D eigenvalue weighted by Crippen LogP contribution is 2.08. The highest BCUT2D eigenvalue weighted by atomic mass is 19.1. The lowest BCUT2D eigenvalue weighted by Gasteiger charge is -2.23. The first kappa shape index (κ1) is 20.9. The van der Waals surface area contributed by atoms with Crippen LogP contribution in [0.5, 0.6) is 0 Å². The van der Waals surface area contributed by atoms with E-state index in [2.05, 4.69) is 5.32 Å².